The number of rotatable bonds is 7. The predicted octanol–water partition coefficient (Wildman–Crippen LogP) is 4.35. The number of hydrogen-bond acceptors (Lipinski definition) is 4. The van der Waals surface area contributed by atoms with Crippen molar-refractivity contribution in [1.29, 1.82) is 0 Å². The van der Waals surface area contributed by atoms with Crippen LogP contribution >= 0.6 is 0 Å². The van der Waals surface area contributed by atoms with E-state index in [1.54, 1.807) is 24.3 Å². The second-order valence-corrected chi connectivity index (χ2v) is 9.02. The standard InChI is InChI=1S/C27H28N2O4/c1-2-33-21-14-12-20(13-15-21)28-23(30)16-22(17-6-4-3-5-7-17)29-26(31)24-18-8-9-19(11-10-18)25(24)27(29)32/h3-9,12-15,18-19,22,24-25H,2,10-11,16H2,1H3,(H,28,30)/t18-,19-,22+,24-,25+/m0/s1. The van der Waals surface area contributed by atoms with Gasteiger partial charge in [-0.2, -0.15) is 0 Å². The molecule has 170 valence electrons. The highest BCUT2D eigenvalue weighted by Gasteiger charge is 2.58. The molecule has 0 radical (unpaired) electrons. The van der Waals surface area contributed by atoms with Gasteiger partial charge >= 0.3 is 0 Å². The summed E-state index contributed by atoms with van der Waals surface area (Å²) in [5.41, 5.74) is 1.44. The number of imide groups is 1. The van der Waals surface area contributed by atoms with Gasteiger partial charge < -0.3 is 10.1 Å². The molecule has 2 fully saturated rings. The van der Waals surface area contributed by atoms with Gasteiger partial charge in [0.05, 0.1) is 30.9 Å². The number of hydrogen-bond donors (Lipinski definition) is 1. The van der Waals surface area contributed by atoms with E-state index >= 15 is 0 Å². The van der Waals surface area contributed by atoms with Gasteiger partial charge in [0.15, 0.2) is 0 Å². The lowest BCUT2D eigenvalue weighted by Gasteiger charge is -2.38. The van der Waals surface area contributed by atoms with Crippen LogP contribution in [0.2, 0.25) is 0 Å². The molecular weight excluding hydrogens is 416 g/mol. The van der Waals surface area contributed by atoms with Crippen molar-refractivity contribution < 1.29 is 19.1 Å². The number of carbonyl (C=O) groups excluding carboxylic acids is 3. The number of ether oxygens (including phenoxy) is 1. The van der Waals surface area contributed by atoms with Crippen molar-refractivity contribution in [2.24, 2.45) is 23.7 Å². The summed E-state index contributed by atoms with van der Waals surface area (Å²) in [6.07, 6.45) is 6.13. The van der Waals surface area contributed by atoms with Crippen LogP contribution in [-0.4, -0.2) is 29.2 Å². The number of fused-ring (bicyclic) bond motifs is 1. The van der Waals surface area contributed by atoms with Crippen LogP contribution in [0.15, 0.2) is 66.7 Å². The molecule has 4 aliphatic rings. The summed E-state index contributed by atoms with van der Waals surface area (Å²) in [6.45, 7) is 2.49. The van der Waals surface area contributed by atoms with E-state index < -0.39 is 6.04 Å². The third-order valence-electron chi connectivity index (χ3n) is 7.12. The summed E-state index contributed by atoms with van der Waals surface area (Å²) in [4.78, 5) is 41.5. The first-order valence-corrected chi connectivity index (χ1v) is 11.7. The first-order valence-electron chi connectivity index (χ1n) is 11.7. The van der Waals surface area contributed by atoms with Gasteiger partial charge in [-0.25, -0.2) is 0 Å². The summed E-state index contributed by atoms with van der Waals surface area (Å²) < 4.78 is 5.45. The Morgan fingerprint density at radius 2 is 1.58 bits per heavy atom. The van der Waals surface area contributed by atoms with E-state index in [-0.39, 0.29) is 47.8 Å². The van der Waals surface area contributed by atoms with Crippen molar-refractivity contribution >= 4 is 23.4 Å². The monoisotopic (exact) mass is 444 g/mol. The van der Waals surface area contributed by atoms with Crippen molar-refractivity contribution in [3.63, 3.8) is 0 Å². The van der Waals surface area contributed by atoms with Crippen LogP contribution in [0.25, 0.3) is 0 Å². The van der Waals surface area contributed by atoms with E-state index in [0.29, 0.717) is 12.3 Å². The van der Waals surface area contributed by atoms with Crippen LogP contribution in [0.5, 0.6) is 5.75 Å². The molecule has 2 aromatic rings. The largest absolute Gasteiger partial charge is 0.494 e. The highest BCUT2D eigenvalue weighted by atomic mass is 16.5. The number of amides is 3. The van der Waals surface area contributed by atoms with Crippen LogP contribution in [0.4, 0.5) is 5.69 Å². The molecule has 6 heteroatoms. The summed E-state index contributed by atoms with van der Waals surface area (Å²) in [7, 11) is 0. The number of anilines is 1. The lowest BCUT2D eigenvalue weighted by atomic mass is 9.63. The van der Waals surface area contributed by atoms with Gasteiger partial charge in [-0.15, -0.1) is 0 Å². The molecule has 3 amide bonds. The van der Waals surface area contributed by atoms with Crippen molar-refractivity contribution in [2.75, 3.05) is 11.9 Å². The van der Waals surface area contributed by atoms with E-state index in [4.69, 9.17) is 4.74 Å². The fourth-order valence-corrected chi connectivity index (χ4v) is 5.63. The Kier molecular flexibility index (Phi) is 5.75. The molecule has 2 aromatic carbocycles. The molecule has 1 saturated carbocycles. The third-order valence-corrected chi connectivity index (χ3v) is 7.12. The zero-order chi connectivity index (χ0) is 22.9. The molecular formula is C27H28N2O4. The molecule has 1 heterocycles. The van der Waals surface area contributed by atoms with Gasteiger partial charge in [0, 0.05) is 5.69 Å². The van der Waals surface area contributed by atoms with Gasteiger partial charge in [0.25, 0.3) is 0 Å². The SMILES string of the molecule is CCOc1ccc(NC(=O)C[C@H](c2ccccc2)N2C(=O)[C@@H]3[C@H](C2=O)[C@H]2C=C[C@H]3CC2)cc1. The van der Waals surface area contributed by atoms with E-state index in [2.05, 4.69) is 17.5 Å². The van der Waals surface area contributed by atoms with E-state index in [9.17, 15) is 14.4 Å². The second kappa shape index (κ2) is 8.85. The molecule has 5 atom stereocenters. The summed E-state index contributed by atoms with van der Waals surface area (Å²) in [6, 6.07) is 15.9. The molecule has 33 heavy (non-hydrogen) atoms. The van der Waals surface area contributed by atoms with Gasteiger partial charge in [-0.3, -0.25) is 19.3 Å². The minimum atomic E-state index is -0.626. The summed E-state index contributed by atoms with van der Waals surface area (Å²) >= 11 is 0. The predicted molar refractivity (Wildman–Crippen MR) is 124 cm³/mol. The normalized spacial score (nSPS) is 26.3. The Balaban J connectivity index is 1.38. The lowest BCUT2D eigenvalue weighted by Crippen LogP contribution is -2.38. The highest BCUT2D eigenvalue weighted by molar-refractivity contribution is 6.07. The van der Waals surface area contributed by atoms with Crippen molar-refractivity contribution in [1.82, 2.24) is 4.90 Å². The quantitative estimate of drug-likeness (QED) is 0.509. The van der Waals surface area contributed by atoms with E-state index in [0.717, 1.165) is 24.2 Å². The average molecular weight is 445 g/mol. The molecule has 0 aromatic heterocycles. The molecule has 0 unspecified atom stereocenters. The molecule has 1 N–H and O–H groups in total. The first-order chi connectivity index (χ1) is 16.1. The molecule has 0 spiro atoms. The van der Waals surface area contributed by atoms with Crippen LogP contribution in [-0.2, 0) is 14.4 Å². The smallest absolute Gasteiger partial charge is 0.234 e. The minimum absolute atomic E-state index is 0.0108. The van der Waals surface area contributed by atoms with E-state index in [1.807, 2.05) is 37.3 Å². The molecule has 6 nitrogen and oxygen atoms in total. The number of allylic oxidation sites excluding steroid dienone is 2. The van der Waals surface area contributed by atoms with Crippen molar-refractivity contribution in [2.45, 2.75) is 32.2 Å². The molecule has 2 bridgehead atoms. The van der Waals surface area contributed by atoms with Crippen LogP contribution in [0.3, 0.4) is 0 Å². The number of likely N-dealkylation sites (tertiary alicyclic amines) is 1. The van der Waals surface area contributed by atoms with Crippen molar-refractivity contribution in [3.8, 4) is 5.75 Å². The maximum absolute atomic E-state index is 13.5. The molecule has 1 aliphatic heterocycles. The molecule has 1 saturated heterocycles. The van der Waals surface area contributed by atoms with Gasteiger partial charge in [0.2, 0.25) is 17.7 Å². The van der Waals surface area contributed by atoms with Crippen LogP contribution in [0.1, 0.15) is 37.8 Å². The van der Waals surface area contributed by atoms with Gasteiger partial charge in [0.1, 0.15) is 5.75 Å². The topological polar surface area (TPSA) is 75.7 Å². The maximum atomic E-state index is 13.5. The zero-order valence-corrected chi connectivity index (χ0v) is 18.6. The Labute approximate surface area is 193 Å². The maximum Gasteiger partial charge on any atom is 0.234 e. The van der Waals surface area contributed by atoms with Crippen LogP contribution < -0.4 is 10.1 Å². The fourth-order valence-electron chi connectivity index (χ4n) is 5.63. The van der Waals surface area contributed by atoms with Crippen LogP contribution in [0, 0.1) is 23.7 Å². The number of benzene rings is 2. The lowest BCUT2D eigenvalue weighted by molar-refractivity contribution is -0.143. The number of nitrogens with zero attached hydrogens (tertiary/aromatic N) is 1. The number of nitrogens with one attached hydrogen (secondary N) is 1. The minimum Gasteiger partial charge on any atom is -0.494 e. The Morgan fingerprint density at radius 1 is 0.970 bits per heavy atom. The first kappa shape index (κ1) is 21.4. The summed E-state index contributed by atoms with van der Waals surface area (Å²) in [5.74, 6) is -0.116. The fraction of sp³-hybridized carbons (Fsp3) is 0.370. The third kappa shape index (κ3) is 3.94. The summed E-state index contributed by atoms with van der Waals surface area (Å²) in [5, 5.41) is 2.90. The highest BCUT2D eigenvalue weighted by Crippen LogP contribution is 2.51. The Hall–Kier alpha value is -3.41. The van der Waals surface area contributed by atoms with Gasteiger partial charge in [-0.05, 0) is 61.4 Å². The van der Waals surface area contributed by atoms with E-state index in [1.165, 1.54) is 4.90 Å². The van der Waals surface area contributed by atoms with Gasteiger partial charge in [-0.1, -0.05) is 42.5 Å². The average Bonchev–Trinajstić information content (AvgIpc) is 3.12. The van der Waals surface area contributed by atoms with Crippen molar-refractivity contribution in [3.05, 3.63) is 72.3 Å². The number of carbonyl (C=O) groups is 3. The Bertz CT molecular complexity index is 1050. The molecule has 3 aliphatic carbocycles. The molecule has 6 rings (SSSR count). The second-order valence-electron chi connectivity index (χ2n) is 9.02. The zero-order valence-electron chi connectivity index (χ0n) is 18.6. The Morgan fingerprint density at radius 3 is 2.12 bits per heavy atom.